The molecule has 2 aromatic heterocycles. The minimum Gasteiger partial charge on any atom is -0.365 e. The molecule has 7 rings (SSSR count). The molecule has 0 atom stereocenters. The number of rotatable bonds is 4. The first-order valence-electron chi connectivity index (χ1n) is 13.8. The van der Waals surface area contributed by atoms with Crippen LogP contribution in [0.15, 0.2) is 72.8 Å². The third-order valence-electron chi connectivity index (χ3n) is 8.61. The van der Waals surface area contributed by atoms with E-state index in [9.17, 15) is 4.79 Å². The van der Waals surface area contributed by atoms with Gasteiger partial charge in [0.15, 0.2) is 0 Å². The molecule has 1 fully saturated rings. The molecule has 202 valence electrons. The van der Waals surface area contributed by atoms with E-state index in [-0.39, 0.29) is 11.5 Å². The van der Waals surface area contributed by atoms with Gasteiger partial charge in [0.1, 0.15) is 5.01 Å². The Hall–Kier alpha value is -3.45. The molecule has 0 N–H and O–H groups in total. The summed E-state index contributed by atoms with van der Waals surface area (Å²) in [5, 5.41) is 2.69. The number of hydrogen-bond donors (Lipinski definition) is 0. The number of para-hydroxylation sites is 1. The maximum Gasteiger partial charge on any atom is 0.256 e. The molecule has 0 unspecified atom stereocenters. The Balaban J connectivity index is 1.18. The number of fused-ring (bicyclic) bond motifs is 3. The Kier molecular flexibility index (Phi) is 6.30. The van der Waals surface area contributed by atoms with Crippen molar-refractivity contribution < 1.29 is 9.53 Å². The second-order valence-corrected chi connectivity index (χ2v) is 12.5. The van der Waals surface area contributed by atoms with Crippen LogP contribution in [0, 0.1) is 13.8 Å². The van der Waals surface area contributed by atoms with Gasteiger partial charge in [0.25, 0.3) is 5.91 Å². The van der Waals surface area contributed by atoms with Gasteiger partial charge in [-0.1, -0.05) is 66.2 Å². The van der Waals surface area contributed by atoms with Gasteiger partial charge < -0.3 is 14.2 Å². The number of benzene rings is 3. The number of aryl methyl sites for hydroxylation is 1. The molecule has 5 nitrogen and oxygen atoms in total. The number of thiazole rings is 1. The fourth-order valence-corrected chi connectivity index (χ4v) is 7.43. The van der Waals surface area contributed by atoms with E-state index in [0.717, 1.165) is 51.3 Å². The predicted molar refractivity (Wildman–Crippen MR) is 161 cm³/mol. The SMILES string of the molecule is Cc1sc(-c2ccc(Cl)cc2)nc1Cn1c(C)c(C(=O)N2CCC3(CC2)OCc2ccccc23)c2ccccc21. The van der Waals surface area contributed by atoms with Crippen molar-refractivity contribution in [2.45, 2.75) is 45.4 Å². The standard InChI is InChI=1S/C33H30ClN3O2S/c1-21-30(32(38)36-17-15-33(16-18-36)27-9-5-3-7-24(27)20-39-33)26-8-4-6-10-29(26)37(21)19-28-22(2)40-31(35-28)23-11-13-25(34)14-12-23/h3-14H,15-20H2,1-2H3. The van der Waals surface area contributed by atoms with Crippen molar-refractivity contribution in [3.8, 4) is 10.6 Å². The molecule has 0 radical (unpaired) electrons. The van der Waals surface area contributed by atoms with Crippen molar-refractivity contribution in [3.05, 3.63) is 111 Å². The van der Waals surface area contributed by atoms with Crippen molar-refractivity contribution >= 4 is 39.7 Å². The number of likely N-dealkylation sites (tertiary alicyclic amines) is 1. The van der Waals surface area contributed by atoms with Gasteiger partial charge in [-0.25, -0.2) is 4.98 Å². The lowest BCUT2D eigenvalue weighted by Crippen LogP contribution is -2.45. The number of amides is 1. The molecule has 7 heteroatoms. The Bertz CT molecular complexity index is 1750. The van der Waals surface area contributed by atoms with Crippen LogP contribution in [0.2, 0.25) is 5.02 Å². The minimum atomic E-state index is -0.264. The van der Waals surface area contributed by atoms with E-state index in [1.165, 1.54) is 16.0 Å². The average Bonchev–Trinajstić information content (AvgIpc) is 3.61. The maximum atomic E-state index is 14.1. The lowest BCUT2D eigenvalue weighted by Gasteiger charge is -2.39. The Morgan fingerprint density at radius 1 is 1.00 bits per heavy atom. The first kappa shape index (κ1) is 25.5. The number of nitrogens with zero attached hydrogens (tertiary/aromatic N) is 3. The zero-order chi connectivity index (χ0) is 27.4. The van der Waals surface area contributed by atoms with Gasteiger partial charge in [0, 0.05) is 45.1 Å². The van der Waals surface area contributed by atoms with Crippen LogP contribution in [0.3, 0.4) is 0 Å². The molecule has 0 aliphatic carbocycles. The quantitative estimate of drug-likeness (QED) is 0.223. The molecule has 1 amide bonds. The monoisotopic (exact) mass is 567 g/mol. The van der Waals surface area contributed by atoms with E-state index in [2.05, 4.69) is 54.8 Å². The molecule has 40 heavy (non-hydrogen) atoms. The van der Waals surface area contributed by atoms with E-state index in [4.69, 9.17) is 21.3 Å². The highest BCUT2D eigenvalue weighted by atomic mass is 35.5. The largest absolute Gasteiger partial charge is 0.365 e. The normalized spacial score (nSPS) is 16.1. The summed E-state index contributed by atoms with van der Waals surface area (Å²) < 4.78 is 8.59. The Morgan fingerprint density at radius 2 is 1.73 bits per heavy atom. The summed E-state index contributed by atoms with van der Waals surface area (Å²) in [6, 6.07) is 24.6. The molecule has 1 spiro atoms. The first-order valence-corrected chi connectivity index (χ1v) is 14.9. The fraction of sp³-hybridized carbons (Fsp3) is 0.273. The topological polar surface area (TPSA) is 47.4 Å². The molecule has 1 saturated heterocycles. The van der Waals surface area contributed by atoms with Crippen LogP contribution in [0.25, 0.3) is 21.5 Å². The summed E-state index contributed by atoms with van der Waals surface area (Å²) in [4.78, 5) is 22.3. The number of halogens is 1. The van der Waals surface area contributed by atoms with E-state index in [0.29, 0.717) is 31.3 Å². The number of aromatic nitrogens is 2. The smallest absolute Gasteiger partial charge is 0.256 e. The van der Waals surface area contributed by atoms with E-state index < -0.39 is 0 Å². The van der Waals surface area contributed by atoms with Gasteiger partial charge in [-0.15, -0.1) is 11.3 Å². The number of carbonyl (C=O) groups is 1. The third-order valence-corrected chi connectivity index (χ3v) is 9.92. The highest BCUT2D eigenvalue weighted by Gasteiger charge is 2.43. The lowest BCUT2D eigenvalue weighted by molar-refractivity contribution is -0.0741. The zero-order valence-corrected chi connectivity index (χ0v) is 24.2. The minimum absolute atomic E-state index is 0.102. The van der Waals surface area contributed by atoms with E-state index >= 15 is 0 Å². The van der Waals surface area contributed by atoms with Gasteiger partial charge in [0.05, 0.1) is 30.0 Å². The molecular formula is C33H30ClN3O2S. The molecule has 0 saturated carbocycles. The summed E-state index contributed by atoms with van der Waals surface area (Å²) in [5.41, 5.74) is 7.23. The maximum absolute atomic E-state index is 14.1. The number of hydrogen-bond acceptors (Lipinski definition) is 4. The van der Waals surface area contributed by atoms with Crippen LogP contribution in [0.1, 0.15) is 50.6 Å². The molecule has 5 aromatic rings. The van der Waals surface area contributed by atoms with Crippen LogP contribution in [0.4, 0.5) is 0 Å². The van der Waals surface area contributed by atoms with Crippen LogP contribution in [-0.4, -0.2) is 33.4 Å². The van der Waals surface area contributed by atoms with Crippen LogP contribution >= 0.6 is 22.9 Å². The summed E-state index contributed by atoms with van der Waals surface area (Å²) in [6.07, 6.45) is 1.64. The molecule has 2 aliphatic heterocycles. The first-order chi connectivity index (χ1) is 19.4. The highest BCUT2D eigenvalue weighted by molar-refractivity contribution is 7.15. The zero-order valence-electron chi connectivity index (χ0n) is 22.6. The van der Waals surface area contributed by atoms with Gasteiger partial charge in [0.2, 0.25) is 0 Å². The van der Waals surface area contributed by atoms with Crippen molar-refractivity contribution in [1.82, 2.24) is 14.5 Å². The second kappa shape index (κ2) is 9.88. The highest BCUT2D eigenvalue weighted by Crippen LogP contribution is 2.44. The van der Waals surface area contributed by atoms with Gasteiger partial charge >= 0.3 is 0 Å². The summed E-state index contributed by atoms with van der Waals surface area (Å²) >= 11 is 7.78. The van der Waals surface area contributed by atoms with Crippen molar-refractivity contribution in [3.63, 3.8) is 0 Å². The average molecular weight is 568 g/mol. The van der Waals surface area contributed by atoms with E-state index in [1.54, 1.807) is 11.3 Å². The molecule has 0 bridgehead atoms. The van der Waals surface area contributed by atoms with Crippen molar-refractivity contribution in [1.29, 1.82) is 0 Å². The molecule has 2 aliphatic rings. The summed E-state index contributed by atoms with van der Waals surface area (Å²) in [7, 11) is 0. The predicted octanol–water partition coefficient (Wildman–Crippen LogP) is 7.75. The van der Waals surface area contributed by atoms with E-state index in [1.807, 2.05) is 41.3 Å². The Morgan fingerprint density at radius 3 is 2.52 bits per heavy atom. The second-order valence-electron chi connectivity index (χ2n) is 10.8. The molecule has 3 aromatic carbocycles. The van der Waals surface area contributed by atoms with Crippen molar-refractivity contribution in [2.75, 3.05) is 13.1 Å². The van der Waals surface area contributed by atoms with Crippen LogP contribution in [0.5, 0.6) is 0 Å². The number of ether oxygens (including phenoxy) is 1. The molecular weight excluding hydrogens is 538 g/mol. The number of carbonyl (C=O) groups excluding carboxylic acids is 1. The van der Waals surface area contributed by atoms with Gasteiger partial charge in [-0.3, -0.25) is 4.79 Å². The summed E-state index contributed by atoms with van der Waals surface area (Å²) in [5.74, 6) is 0.102. The fourth-order valence-electron chi connectivity index (χ4n) is 6.37. The molecule has 4 heterocycles. The van der Waals surface area contributed by atoms with Crippen LogP contribution < -0.4 is 0 Å². The lowest BCUT2D eigenvalue weighted by atomic mass is 9.83. The Labute approximate surface area is 243 Å². The van der Waals surface area contributed by atoms with Crippen molar-refractivity contribution in [2.24, 2.45) is 0 Å². The third kappa shape index (κ3) is 4.17. The van der Waals surface area contributed by atoms with Gasteiger partial charge in [-0.2, -0.15) is 0 Å². The van der Waals surface area contributed by atoms with Crippen LogP contribution in [-0.2, 0) is 23.5 Å². The number of piperidine rings is 1. The summed E-state index contributed by atoms with van der Waals surface area (Å²) in [6.45, 7) is 6.82. The van der Waals surface area contributed by atoms with Gasteiger partial charge in [-0.05, 0) is 56.0 Å².